The van der Waals surface area contributed by atoms with Crippen LogP contribution in [0, 0.1) is 0 Å². The third-order valence-corrected chi connectivity index (χ3v) is 6.91. The molecule has 0 radical (unpaired) electrons. The molecule has 1 heterocycles. The summed E-state index contributed by atoms with van der Waals surface area (Å²) in [4.78, 5) is 2.21. The van der Waals surface area contributed by atoms with E-state index in [9.17, 15) is 8.42 Å². The highest BCUT2D eigenvalue weighted by molar-refractivity contribution is 7.89. The Bertz CT molecular complexity index is 940. The molecular formula is C20H24Cl2N2O4S. The van der Waals surface area contributed by atoms with Crippen molar-refractivity contribution in [3.8, 4) is 5.75 Å². The second-order valence-electron chi connectivity index (χ2n) is 6.99. The summed E-state index contributed by atoms with van der Waals surface area (Å²) in [6.07, 6.45) is 1.64. The van der Waals surface area contributed by atoms with E-state index in [0.29, 0.717) is 23.9 Å². The second kappa shape index (κ2) is 10.1. The number of likely N-dealkylation sites (tertiary alicyclic amines) is 1. The summed E-state index contributed by atoms with van der Waals surface area (Å²) in [6, 6.07) is 11.9. The Balaban J connectivity index is 1.64. The molecule has 0 unspecified atom stereocenters. The van der Waals surface area contributed by atoms with Crippen LogP contribution in [0.1, 0.15) is 18.4 Å². The van der Waals surface area contributed by atoms with Crippen molar-refractivity contribution in [1.82, 2.24) is 9.62 Å². The molecule has 3 rings (SSSR count). The molecule has 6 nitrogen and oxygen atoms in total. The van der Waals surface area contributed by atoms with Gasteiger partial charge in [0.05, 0.1) is 11.6 Å². The van der Waals surface area contributed by atoms with Crippen molar-refractivity contribution >= 4 is 33.2 Å². The molecule has 0 aliphatic carbocycles. The van der Waals surface area contributed by atoms with E-state index in [1.807, 2.05) is 24.3 Å². The van der Waals surface area contributed by atoms with Crippen molar-refractivity contribution in [3.05, 3.63) is 58.1 Å². The molecule has 9 heteroatoms. The lowest BCUT2D eigenvalue weighted by molar-refractivity contribution is 0.192. The van der Waals surface area contributed by atoms with E-state index >= 15 is 0 Å². The third kappa shape index (κ3) is 6.31. The van der Waals surface area contributed by atoms with Gasteiger partial charge in [-0.2, -0.15) is 0 Å². The minimum Gasteiger partial charge on any atom is -0.491 e. The average Bonchev–Trinajstić information content (AvgIpc) is 2.68. The molecule has 2 aromatic rings. The lowest BCUT2D eigenvalue weighted by Gasteiger charge is -2.33. The van der Waals surface area contributed by atoms with Gasteiger partial charge in [-0.05, 0) is 55.3 Å². The van der Waals surface area contributed by atoms with E-state index in [-0.39, 0.29) is 29.2 Å². The second-order valence-corrected chi connectivity index (χ2v) is 9.52. The summed E-state index contributed by atoms with van der Waals surface area (Å²) in [5, 5.41) is 9.36. The quantitative estimate of drug-likeness (QED) is 0.634. The Kier molecular flexibility index (Phi) is 7.79. The van der Waals surface area contributed by atoms with Crippen LogP contribution < -0.4 is 9.46 Å². The molecule has 2 N–H and O–H groups in total. The van der Waals surface area contributed by atoms with Gasteiger partial charge >= 0.3 is 0 Å². The minimum absolute atomic E-state index is 0.00229. The van der Waals surface area contributed by atoms with E-state index in [2.05, 4.69) is 9.62 Å². The summed E-state index contributed by atoms with van der Waals surface area (Å²) in [7, 11) is -3.76. The van der Waals surface area contributed by atoms with Crippen LogP contribution in [0.4, 0.5) is 0 Å². The molecule has 1 aliphatic heterocycles. The zero-order valence-corrected chi connectivity index (χ0v) is 18.2. The molecule has 1 saturated heterocycles. The van der Waals surface area contributed by atoms with Crippen LogP contribution in [-0.4, -0.2) is 50.8 Å². The van der Waals surface area contributed by atoms with Crippen molar-refractivity contribution < 1.29 is 18.3 Å². The zero-order valence-electron chi connectivity index (χ0n) is 15.9. The molecule has 29 heavy (non-hydrogen) atoms. The molecule has 2 aromatic carbocycles. The van der Waals surface area contributed by atoms with E-state index in [4.69, 9.17) is 33.0 Å². The topological polar surface area (TPSA) is 78.9 Å². The minimum atomic E-state index is -3.76. The highest BCUT2D eigenvalue weighted by atomic mass is 35.5. The number of nitrogens with zero attached hydrogens (tertiary/aromatic N) is 1. The first-order chi connectivity index (χ1) is 13.9. The number of sulfonamides is 1. The molecule has 1 aliphatic rings. The molecule has 0 bridgehead atoms. The fourth-order valence-electron chi connectivity index (χ4n) is 3.42. The normalized spacial score (nSPS) is 18.0. The smallest absolute Gasteiger partial charge is 0.242 e. The van der Waals surface area contributed by atoms with Gasteiger partial charge in [-0.1, -0.05) is 35.3 Å². The van der Waals surface area contributed by atoms with Crippen LogP contribution in [0.2, 0.25) is 10.0 Å². The van der Waals surface area contributed by atoms with Crippen LogP contribution in [-0.2, 0) is 16.6 Å². The average molecular weight is 459 g/mol. The number of rotatable bonds is 8. The van der Waals surface area contributed by atoms with Crippen LogP contribution in [0.15, 0.2) is 47.4 Å². The van der Waals surface area contributed by atoms with Crippen molar-refractivity contribution in [3.63, 3.8) is 0 Å². The summed E-state index contributed by atoms with van der Waals surface area (Å²) >= 11 is 12.0. The van der Waals surface area contributed by atoms with Gasteiger partial charge in [-0.15, -0.1) is 0 Å². The van der Waals surface area contributed by atoms with Gasteiger partial charge in [-0.3, -0.25) is 4.90 Å². The lowest BCUT2D eigenvalue weighted by Crippen LogP contribution is -2.47. The number of aliphatic hydroxyl groups excluding tert-OH is 1. The zero-order chi connectivity index (χ0) is 20.9. The molecule has 1 fully saturated rings. The number of halogens is 2. The van der Waals surface area contributed by atoms with Crippen molar-refractivity contribution in [2.24, 2.45) is 0 Å². The third-order valence-electron chi connectivity index (χ3n) is 4.67. The number of aliphatic hydroxyl groups is 1. The maximum atomic E-state index is 12.8. The number of ether oxygens (including phenoxy) is 1. The first kappa shape index (κ1) is 22.3. The van der Waals surface area contributed by atoms with E-state index in [1.54, 1.807) is 6.07 Å². The van der Waals surface area contributed by atoms with Crippen LogP contribution in [0.25, 0.3) is 0 Å². The van der Waals surface area contributed by atoms with E-state index in [0.717, 1.165) is 24.9 Å². The highest BCUT2D eigenvalue weighted by Crippen LogP contribution is 2.26. The molecular weight excluding hydrogens is 435 g/mol. The molecule has 0 aromatic heterocycles. The number of hydrogen-bond donors (Lipinski definition) is 2. The summed E-state index contributed by atoms with van der Waals surface area (Å²) in [5.74, 6) is 0.710. The molecule has 0 spiro atoms. The Morgan fingerprint density at radius 3 is 2.83 bits per heavy atom. The fourth-order valence-corrected chi connectivity index (χ4v) is 5.44. The van der Waals surface area contributed by atoms with Gasteiger partial charge in [0.15, 0.2) is 0 Å². The fraction of sp³-hybridized carbons (Fsp3) is 0.400. The summed E-state index contributed by atoms with van der Waals surface area (Å²) in [5.41, 5.74) is 1.07. The SMILES string of the molecule is O=S(=O)(N[C@@H]1CCCN(Cc2cccc(OCCO)c2)C1)c1cc(Cl)ccc1Cl. The molecule has 0 amide bonds. The molecule has 1 atom stereocenters. The van der Waals surface area contributed by atoms with Crippen molar-refractivity contribution in [2.75, 3.05) is 26.3 Å². The first-order valence-electron chi connectivity index (χ1n) is 9.40. The van der Waals surface area contributed by atoms with Gasteiger partial charge in [-0.25, -0.2) is 13.1 Å². The summed E-state index contributed by atoms with van der Waals surface area (Å²) in [6.45, 7) is 2.39. The van der Waals surface area contributed by atoms with Crippen molar-refractivity contribution in [2.45, 2.75) is 30.3 Å². The number of nitrogens with one attached hydrogen (secondary N) is 1. The van der Waals surface area contributed by atoms with Gasteiger partial charge < -0.3 is 9.84 Å². The highest BCUT2D eigenvalue weighted by Gasteiger charge is 2.27. The molecule has 0 saturated carbocycles. The van der Waals surface area contributed by atoms with Crippen LogP contribution >= 0.6 is 23.2 Å². The maximum absolute atomic E-state index is 12.8. The van der Waals surface area contributed by atoms with E-state index < -0.39 is 10.0 Å². The first-order valence-corrected chi connectivity index (χ1v) is 11.6. The predicted molar refractivity (Wildman–Crippen MR) is 114 cm³/mol. The number of piperidine rings is 1. The molecule has 158 valence electrons. The Labute approximate surface area is 181 Å². The van der Waals surface area contributed by atoms with Gasteiger partial charge in [0, 0.05) is 24.2 Å². The van der Waals surface area contributed by atoms with Crippen LogP contribution in [0.3, 0.4) is 0 Å². The lowest BCUT2D eigenvalue weighted by atomic mass is 10.1. The number of benzene rings is 2. The van der Waals surface area contributed by atoms with Gasteiger partial charge in [0.2, 0.25) is 10.0 Å². The van der Waals surface area contributed by atoms with Gasteiger partial charge in [0.1, 0.15) is 17.3 Å². The number of hydrogen-bond acceptors (Lipinski definition) is 5. The Morgan fingerprint density at radius 2 is 2.03 bits per heavy atom. The van der Waals surface area contributed by atoms with Crippen molar-refractivity contribution in [1.29, 1.82) is 0 Å². The standard InChI is InChI=1S/C20H24Cl2N2O4S/c21-16-6-7-19(22)20(12-16)29(26,27)23-17-4-2-8-24(14-17)13-15-3-1-5-18(11-15)28-10-9-25/h1,3,5-7,11-12,17,23,25H,2,4,8-10,13-14H2/t17-/m1/s1. The van der Waals surface area contributed by atoms with Crippen LogP contribution in [0.5, 0.6) is 5.75 Å². The summed E-state index contributed by atoms with van der Waals surface area (Å²) < 4.78 is 33.8. The largest absolute Gasteiger partial charge is 0.491 e. The maximum Gasteiger partial charge on any atom is 0.242 e. The Hall–Kier alpha value is -1.35. The predicted octanol–water partition coefficient (Wildman–Crippen LogP) is 3.31. The monoisotopic (exact) mass is 458 g/mol. The van der Waals surface area contributed by atoms with Gasteiger partial charge in [0.25, 0.3) is 0 Å². The van der Waals surface area contributed by atoms with E-state index in [1.165, 1.54) is 12.1 Å². The Morgan fingerprint density at radius 1 is 1.21 bits per heavy atom.